The van der Waals surface area contributed by atoms with Gasteiger partial charge in [0.1, 0.15) is 0 Å². The van der Waals surface area contributed by atoms with E-state index in [1.165, 1.54) is 55.6 Å². The molecule has 6 heteroatoms. The average Bonchev–Trinajstić information content (AvgIpc) is 1.53. The Morgan fingerprint density at radius 1 is 0.380 bits per heavy atom. The van der Waals surface area contributed by atoms with Gasteiger partial charge in [0.25, 0.3) is 0 Å². The van der Waals surface area contributed by atoms with Crippen molar-refractivity contribution in [3.05, 3.63) is 279 Å². The average molecular weight is 1510 g/mol. The monoisotopic (exact) mass is 1510 g/mol. The zero-order valence-electron chi connectivity index (χ0n) is 55.0. The number of aromatic nitrogens is 3. The topological polar surface area (TPSA) is 38.7 Å². The molecule has 0 radical (unpaired) electrons. The molecule has 0 bridgehead atoms. The Morgan fingerprint density at radius 3 is 1.27 bits per heavy atom. The van der Waals surface area contributed by atoms with Crippen LogP contribution < -0.4 is 0 Å². The zero-order valence-corrected chi connectivity index (χ0v) is 60.6. The van der Waals surface area contributed by atoms with Crippen LogP contribution >= 0.6 is 31.9 Å². The first-order chi connectivity index (χ1) is 43.4. The van der Waals surface area contributed by atoms with E-state index in [-0.39, 0.29) is 64.9 Å². The molecule has 0 amide bonds. The van der Waals surface area contributed by atoms with E-state index in [1.54, 1.807) is 0 Å². The molecule has 0 spiro atoms. The van der Waals surface area contributed by atoms with Crippen molar-refractivity contribution in [2.75, 3.05) is 0 Å². The Morgan fingerprint density at radius 2 is 0.815 bits per heavy atom. The van der Waals surface area contributed by atoms with Gasteiger partial charge in [-0.15, -0.1) is 94.5 Å². The Kier molecular flexibility index (Phi) is 17.8. The smallest absolute Gasteiger partial charge is 0.304 e. The first-order valence-electron chi connectivity index (χ1n) is 32.3. The van der Waals surface area contributed by atoms with Crippen LogP contribution in [0, 0.1) is 23.6 Å². The molecule has 2 aliphatic rings. The van der Waals surface area contributed by atoms with Crippen molar-refractivity contribution < 1.29 is 20.1 Å². The largest absolute Gasteiger partial charge is 3.00 e. The molecule has 0 saturated heterocycles. The van der Waals surface area contributed by atoms with Gasteiger partial charge in [-0.2, -0.15) is 0 Å². The summed E-state index contributed by atoms with van der Waals surface area (Å²) in [5.41, 5.74) is 26.6. The van der Waals surface area contributed by atoms with Crippen LogP contribution in [0.1, 0.15) is 159 Å². The predicted octanol–water partition coefficient (Wildman–Crippen LogP) is 24.2. The molecule has 2 unspecified atom stereocenters. The Hall–Kier alpha value is -7.18. The molecule has 1 fully saturated rings. The van der Waals surface area contributed by atoms with Gasteiger partial charge in [0.2, 0.25) is 0 Å². The number of halogens is 2. The number of fused-ring (bicyclic) bond motifs is 1. The quantitative estimate of drug-likeness (QED) is 0.121. The van der Waals surface area contributed by atoms with E-state index in [9.17, 15) is 0 Å². The fourth-order valence-corrected chi connectivity index (χ4v) is 15.5. The van der Waals surface area contributed by atoms with Gasteiger partial charge in [-0.05, 0) is 153 Å². The van der Waals surface area contributed by atoms with Gasteiger partial charge in [0, 0.05) is 29.7 Å². The van der Waals surface area contributed by atoms with Gasteiger partial charge in [-0.25, -0.2) is 0 Å². The summed E-state index contributed by atoms with van der Waals surface area (Å²) in [5, 5.41) is 0. The number of nitrogens with zero attached hydrogens (tertiary/aromatic N) is 3. The van der Waals surface area contributed by atoms with Gasteiger partial charge >= 0.3 is 20.1 Å². The number of hydrogen-bond donors (Lipinski definition) is 0. The third kappa shape index (κ3) is 12.2. The zero-order chi connectivity index (χ0) is 63.8. The third-order valence-electron chi connectivity index (χ3n) is 21.2. The minimum absolute atomic E-state index is 0. The molecule has 3 nitrogen and oxygen atoms in total. The number of benzene rings is 8. The number of hydrogen-bond acceptors (Lipinski definition) is 3. The van der Waals surface area contributed by atoms with Crippen LogP contribution in [0.15, 0.2) is 222 Å². The van der Waals surface area contributed by atoms with E-state index < -0.39 is 0 Å². The first-order valence-corrected chi connectivity index (χ1v) is 33.9. The summed E-state index contributed by atoms with van der Waals surface area (Å²) in [6, 6.07) is 82.3. The van der Waals surface area contributed by atoms with Crippen molar-refractivity contribution in [1.82, 2.24) is 15.0 Å². The fraction of sp³-hybridized carbons (Fsp3) is 0.267. The second-order valence-corrected chi connectivity index (χ2v) is 31.1. The summed E-state index contributed by atoms with van der Waals surface area (Å²) in [5.74, 6) is 0.467. The molecule has 1 saturated carbocycles. The third-order valence-corrected chi connectivity index (χ3v) is 22.2. The van der Waals surface area contributed by atoms with E-state index in [0.717, 1.165) is 101 Å². The minimum Gasteiger partial charge on any atom is -0.304 e. The molecular weight excluding hydrogens is 1430 g/mol. The molecular formula is C86H80Br2IrN3. The maximum atomic E-state index is 5.33. The Labute approximate surface area is 577 Å². The maximum Gasteiger partial charge on any atom is 3.00 e. The van der Waals surface area contributed by atoms with Gasteiger partial charge in [0.05, 0.1) is 0 Å². The van der Waals surface area contributed by atoms with Crippen molar-refractivity contribution in [1.29, 1.82) is 0 Å². The molecule has 3 aromatic heterocycles. The Bertz CT molecular complexity index is 4330. The van der Waals surface area contributed by atoms with Crippen LogP contribution in [0.25, 0.3) is 89.4 Å². The van der Waals surface area contributed by atoms with E-state index in [2.05, 4.69) is 322 Å². The second kappa shape index (κ2) is 25.3. The molecule has 2 atom stereocenters. The van der Waals surface area contributed by atoms with E-state index in [0.29, 0.717) is 0 Å². The molecule has 0 N–H and O–H groups in total. The van der Waals surface area contributed by atoms with E-state index in [1.807, 2.05) is 24.3 Å². The van der Waals surface area contributed by atoms with Gasteiger partial charge in [-0.3, -0.25) is 0 Å². The van der Waals surface area contributed by atoms with Crippen LogP contribution in [0.3, 0.4) is 0 Å². The SMILES string of the molecule is CC(C)(C)c1ccc(C2CC(c3ccccc3-c3ccc(-c4[c-]cc5c(c4)C(C)(C)C(C)(C)C5(C)C)nc3)CC(c3ccc(C(C)(C)C)cc3-c3cnc(-c4[c-]ccc(Br)c4)cc3-c3ccccc3)C2)c(-c2cnc(-c3[c-]ccc(Br)c3)cc2-c2ccccc2)c1.[Ir+3]. The summed E-state index contributed by atoms with van der Waals surface area (Å²) in [4.78, 5) is 16.0. The van der Waals surface area contributed by atoms with Crippen molar-refractivity contribution in [3.63, 3.8) is 0 Å². The second-order valence-electron chi connectivity index (χ2n) is 29.3. The molecule has 2 aliphatic carbocycles. The number of rotatable bonds is 11. The van der Waals surface area contributed by atoms with Gasteiger partial charge in [0.15, 0.2) is 0 Å². The number of pyridine rings is 3. The molecule has 13 rings (SSSR count). The first kappa shape index (κ1) is 64.9. The van der Waals surface area contributed by atoms with Crippen LogP contribution in [-0.2, 0) is 41.8 Å². The summed E-state index contributed by atoms with van der Waals surface area (Å²) in [7, 11) is 0. The molecule has 92 heavy (non-hydrogen) atoms. The van der Waals surface area contributed by atoms with Gasteiger partial charge in [-0.1, -0.05) is 269 Å². The van der Waals surface area contributed by atoms with Crippen molar-refractivity contribution in [2.45, 2.75) is 142 Å². The maximum absolute atomic E-state index is 5.33. The molecule has 3 heterocycles. The molecule has 8 aromatic carbocycles. The Balaban J connectivity index is 0.00000816. The van der Waals surface area contributed by atoms with Crippen LogP contribution in [0.5, 0.6) is 0 Å². The van der Waals surface area contributed by atoms with Gasteiger partial charge < -0.3 is 15.0 Å². The van der Waals surface area contributed by atoms with Crippen LogP contribution in [0.4, 0.5) is 0 Å². The van der Waals surface area contributed by atoms with Crippen LogP contribution in [0.2, 0.25) is 0 Å². The summed E-state index contributed by atoms with van der Waals surface area (Å²) in [6.07, 6.45) is 9.25. The normalized spacial score (nSPS) is 17.4. The van der Waals surface area contributed by atoms with Crippen molar-refractivity contribution >= 4 is 31.9 Å². The molecule has 0 aliphatic heterocycles. The minimum atomic E-state index is -0.110. The molecule has 462 valence electrons. The molecule has 11 aromatic rings. The van der Waals surface area contributed by atoms with E-state index in [4.69, 9.17) is 15.0 Å². The van der Waals surface area contributed by atoms with Crippen molar-refractivity contribution in [2.24, 2.45) is 5.41 Å². The van der Waals surface area contributed by atoms with E-state index >= 15 is 0 Å². The predicted molar refractivity (Wildman–Crippen MR) is 387 cm³/mol. The summed E-state index contributed by atoms with van der Waals surface area (Å²) in [6.45, 7) is 28.4. The summed E-state index contributed by atoms with van der Waals surface area (Å²) < 4.78 is 1.99. The van der Waals surface area contributed by atoms with Crippen LogP contribution in [-0.4, -0.2) is 15.0 Å². The standard InChI is InChI=1S/C86H80Br2N3.Ir/c1-82(2,3)63-35-37-69(73(47-63)75-52-90-80(56-27-21-29-65(87)44-56)49-71(75)54-23-15-13-16-24-54)61-41-60(68-32-20-19-31-67(68)59-34-40-79(89-51-59)58-33-39-77-78(46-58)85(9,10)86(11,12)84(77,7)8)42-62(43-61)70-38-36-64(83(4,5)6)48-74(70)76-53-91-81(57-28-22-30-66(88)45-57)50-72(76)55-25-17-14-18-26-55;/h13-26,29-32,34-40,44-53,60-62H,41-43H2,1-12H3;/q-3;+3. The van der Waals surface area contributed by atoms with Crippen molar-refractivity contribution in [3.8, 4) is 89.4 Å². The fourth-order valence-electron chi connectivity index (χ4n) is 14.8. The summed E-state index contributed by atoms with van der Waals surface area (Å²) >= 11 is 7.49.